The Morgan fingerprint density at radius 3 is 2.70 bits per heavy atom. The molecule has 102 valence electrons. The van der Waals surface area contributed by atoms with Crippen molar-refractivity contribution < 1.29 is 4.74 Å². The summed E-state index contributed by atoms with van der Waals surface area (Å²) < 4.78 is 5.29. The summed E-state index contributed by atoms with van der Waals surface area (Å²) in [6, 6.07) is 16.3. The topological polar surface area (TPSA) is 33.6 Å². The van der Waals surface area contributed by atoms with Gasteiger partial charge in [-0.1, -0.05) is 18.2 Å². The van der Waals surface area contributed by atoms with Gasteiger partial charge >= 0.3 is 0 Å². The van der Waals surface area contributed by atoms with E-state index in [9.17, 15) is 0 Å². The van der Waals surface area contributed by atoms with E-state index in [1.54, 1.807) is 7.11 Å². The van der Waals surface area contributed by atoms with Crippen molar-refractivity contribution in [2.75, 3.05) is 12.5 Å². The fourth-order valence-electron chi connectivity index (χ4n) is 2.53. The smallest absolute Gasteiger partial charge is 0.119 e. The zero-order chi connectivity index (χ0) is 13.8. The van der Waals surface area contributed by atoms with Crippen molar-refractivity contribution in [2.24, 2.45) is 5.10 Å². The fraction of sp³-hybridized carbons (Fsp3) is 0.235. The van der Waals surface area contributed by atoms with E-state index in [1.165, 1.54) is 11.1 Å². The van der Waals surface area contributed by atoms with Crippen LogP contribution in [0.3, 0.4) is 0 Å². The van der Waals surface area contributed by atoms with Gasteiger partial charge in [-0.15, -0.1) is 0 Å². The predicted octanol–water partition coefficient (Wildman–Crippen LogP) is 3.85. The third-order valence-corrected chi connectivity index (χ3v) is 3.58. The average molecular weight is 266 g/mol. The number of hydrogen-bond donors (Lipinski definition) is 1. The van der Waals surface area contributed by atoms with Gasteiger partial charge < -0.3 is 4.74 Å². The SMILES string of the molecule is COc1ccc2c(c1)CCC/C2=N\Nc1ccccc1. The maximum Gasteiger partial charge on any atom is 0.119 e. The van der Waals surface area contributed by atoms with E-state index in [0.717, 1.165) is 36.4 Å². The molecular formula is C17H18N2O. The molecule has 1 aliphatic carbocycles. The molecule has 2 aromatic rings. The molecule has 0 amide bonds. The molecule has 0 spiro atoms. The number of hydrogen-bond acceptors (Lipinski definition) is 3. The van der Waals surface area contributed by atoms with E-state index in [2.05, 4.69) is 22.7 Å². The summed E-state index contributed by atoms with van der Waals surface area (Å²) in [6.45, 7) is 0. The van der Waals surface area contributed by atoms with Crippen molar-refractivity contribution in [3.63, 3.8) is 0 Å². The average Bonchev–Trinajstić information content (AvgIpc) is 2.53. The van der Waals surface area contributed by atoms with Crippen LogP contribution < -0.4 is 10.2 Å². The minimum absolute atomic E-state index is 0.918. The predicted molar refractivity (Wildman–Crippen MR) is 82.5 cm³/mol. The monoisotopic (exact) mass is 266 g/mol. The van der Waals surface area contributed by atoms with Crippen LogP contribution in [0.5, 0.6) is 5.75 Å². The number of anilines is 1. The Hall–Kier alpha value is -2.29. The van der Waals surface area contributed by atoms with Gasteiger partial charge in [0.2, 0.25) is 0 Å². The number of para-hydroxylation sites is 1. The van der Waals surface area contributed by atoms with Crippen molar-refractivity contribution in [3.05, 3.63) is 59.7 Å². The molecule has 2 aromatic carbocycles. The summed E-state index contributed by atoms with van der Waals surface area (Å²) in [5.74, 6) is 0.918. The van der Waals surface area contributed by atoms with Gasteiger partial charge in [0.1, 0.15) is 5.75 Å². The molecule has 1 aliphatic rings. The zero-order valence-corrected chi connectivity index (χ0v) is 11.6. The Morgan fingerprint density at radius 1 is 1.05 bits per heavy atom. The summed E-state index contributed by atoms with van der Waals surface area (Å²) in [5, 5.41) is 4.58. The van der Waals surface area contributed by atoms with E-state index < -0.39 is 0 Å². The number of aryl methyl sites for hydroxylation is 1. The molecule has 0 fully saturated rings. The molecule has 0 aliphatic heterocycles. The number of nitrogens with one attached hydrogen (secondary N) is 1. The maximum absolute atomic E-state index is 5.29. The van der Waals surface area contributed by atoms with Gasteiger partial charge in [-0.2, -0.15) is 5.10 Å². The van der Waals surface area contributed by atoms with Crippen LogP contribution in [-0.4, -0.2) is 12.8 Å². The van der Waals surface area contributed by atoms with Crippen molar-refractivity contribution in [2.45, 2.75) is 19.3 Å². The molecule has 3 rings (SSSR count). The first-order chi connectivity index (χ1) is 9.86. The van der Waals surface area contributed by atoms with Gasteiger partial charge in [-0.05, 0) is 55.2 Å². The lowest BCUT2D eigenvalue weighted by molar-refractivity contribution is 0.414. The van der Waals surface area contributed by atoms with E-state index in [4.69, 9.17) is 4.74 Å². The molecule has 20 heavy (non-hydrogen) atoms. The first-order valence-electron chi connectivity index (χ1n) is 6.92. The van der Waals surface area contributed by atoms with Gasteiger partial charge in [0, 0.05) is 5.56 Å². The van der Waals surface area contributed by atoms with E-state index in [-0.39, 0.29) is 0 Å². The highest BCUT2D eigenvalue weighted by Crippen LogP contribution is 2.26. The third kappa shape index (κ3) is 2.67. The first kappa shape index (κ1) is 12.7. The molecule has 0 radical (unpaired) electrons. The Kier molecular flexibility index (Phi) is 3.68. The molecule has 0 unspecified atom stereocenters. The van der Waals surface area contributed by atoms with Crippen molar-refractivity contribution in [1.82, 2.24) is 0 Å². The molecule has 3 nitrogen and oxygen atoms in total. The van der Waals surface area contributed by atoms with Crippen LogP contribution in [0.15, 0.2) is 53.6 Å². The molecule has 0 saturated carbocycles. The second-order valence-electron chi connectivity index (χ2n) is 4.91. The Labute approximate surface area is 119 Å². The standard InChI is InChI=1S/C17H18N2O/c1-20-15-10-11-16-13(12-15)6-5-9-17(16)19-18-14-7-3-2-4-8-14/h2-4,7-8,10-12,18H,5-6,9H2,1H3/b19-17+. The molecule has 1 N–H and O–H groups in total. The lowest BCUT2D eigenvalue weighted by atomic mass is 9.90. The molecule has 0 atom stereocenters. The van der Waals surface area contributed by atoms with E-state index >= 15 is 0 Å². The van der Waals surface area contributed by atoms with Gasteiger partial charge in [-0.25, -0.2) is 0 Å². The largest absolute Gasteiger partial charge is 0.497 e. The van der Waals surface area contributed by atoms with Crippen molar-refractivity contribution in [3.8, 4) is 5.75 Å². The van der Waals surface area contributed by atoms with Crippen LogP contribution in [0.25, 0.3) is 0 Å². The lowest BCUT2D eigenvalue weighted by Gasteiger charge is -2.18. The van der Waals surface area contributed by atoms with Crippen molar-refractivity contribution >= 4 is 11.4 Å². The summed E-state index contributed by atoms with van der Waals surface area (Å²) in [6.07, 6.45) is 3.24. The third-order valence-electron chi connectivity index (χ3n) is 3.58. The number of methoxy groups -OCH3 is 1. The molecular weight excluding hydrogens is 248 g/mol. The summed E-state index contributed by atoms with van der Waals surface area (Å²) in [7, 11) is 1.70. The van der Waals surface area contributed by atoms with Gasteiger partial charge in [0.25, 0.3) is 0 Å². The van der Waals surface area contributed by atoms with Crippen LogP contribution in [-0.2, 0) is 6.42 Å². The van der Waals surface area contributed by atoms with Gasteiger partial charge in [-0.3, -0.25) is 5.43 Å². The zero-order valence-electron chi connectivity index (χ0n) is 11.6. The normalized spacial score (nSPS) is 15.8. The van der Waals surface area contributed by atoms with Crippen LogP contribution in [0, 0.1) is 0 Å². The number of rotatable bonds is 3. The van der Waals surface area contributed by atoms with Crippen molar-refractivity contribution in [1.29, 1.82) is 0 Å². The molecule has 0 saturated heterocycles. The second-order valence-corrected chi connectivity index (χ2v) is 4.91. The highest BCUT2D eigenvalue weighted by molar-refractivity contribution is 6.03. The van der Waals surface area contributed by atoms with Gasteiger partial charge in [0.15, 0.2) is 0 Å². The number of fused-ring (bicyclic) bond motifs is 1. The highest BCUT2D eigenvalue weighted by atomic mass is 16.5. The Bertz CT molecular complexity index is 620. The molecule has 0 heterocycles. The van der Waals surface area contributed by atoms with Crippen LogP contribution in [0.4, 0.5) is 5.69 Å². The summed E-state index contributed by atoms with van der Waals surface area (Å²) in [5.41, 5.74) is 7.84. The van der Waals surface area contributed by atoms with Crippen LogP contribution in [0.2, 0.25) is 0 Å². The quantitative estimate of drug-likeness (QED) is 0.856. The number of ether oxygens (including phenoxy) is 1. The number of benzene rings is 2. The van der Waals surface area contributed by atoms with Gasteiger partial charge in [0.05, 0.1) is 18.5 Å². The van der Waals surface area contributed by atoms with E-state index in [0.29, 0.717) is 0 Å². The summed E-state index contributed by atoms with van der Waals surface area (Å²) in [4.78, 5) is 0. The molecule has 0 bridgehead atoms. The fourth-order valence-corrected chi connectivity index (χ4v) is 2.53. The molecule has 3 heteroatoms. The summed E-state index contributed by atoms with van der Waals surface area (Å²) >= 11 is 0. The molecule has 0 aromatic heterocycles. The number of hydrazone groups is 1. The maximum atomic E-state index is 5.29. The number of nitrogens with zero attached hydrogens (tertiary/aromatic N) is 1. The first-order valence-corrected chi connectivity index (χ1v) is 6.92. The lowest BCUT2D eigenvalue weighted by Crippen LogP contribution is -2.13. The Morgan fingerprint density at radius 2 is 1.90 bits per heavy atom. The Balaban J connectivity index is 1.86. The minimum atomic E-state index is 0.918. The highest BCUT2D eigenvalue weighted by Gasteiger charge is 2.16. The second kappa shape index (κ2) is 5.78. The van der Waals surface area contributed by atoms with Crippen LogP contribution in [0.1, 0.15) is 24.0 Å². The van der Waals surface area contributed by atoms with E-state index in [1.807, 2.05) is 36.4 Å². The minimum Gasteiger partial charge on any atom is -0.497 e. The van der Waals surface area contributed by atoms with Crippen LogP contribution >= 0.6 is 0 Å².